The summed E-state index contributed by atoms with van der Waals surface area (Å²) in [6.07, 6.45) is 1.84. The van der Waals surface area contributed by atoms with Gasteiger partial charge in [0.25, 0.3) is 0 Å². The standard InChI is InChI=1S/C12H16FN3O.ClH/c13-10-6-8(12(14)15)3-4-11(10)16-5-1-2-9(16)7-17;/h3-4,6,9,17H,1-2,5,7H2,(H3,14,15);1H. The quantitative estimate of drug-likeness (QED) is 0.577. The van der Waals surface area contributed by atoms with Gasteiger partial charge in [0, 0.05) is 12.1 Å². The highest BCUT2D eigenvalue weighted by molar-refractivity contribution is 5.95. The molecule has 0 saturated carbocycles. The first kappa shape index (κ1) is 14.7. The van der Waals surface area contributed by atoms with E-state index in [0.29, 0.717) is 11.3 Å². The molecular formula is C12H17ClFN3O. The summed E-state index contributed by atoms with van der Waals surface area (Å²) < 4.78 is 13.9. The number of rotatable bonds is 3. The molecule has 100 valence electrons. The van der Waals surface area contributed by atoms with Crippen molar-refractivity contribution in [1.82, 2.24) is 0 Å². The van der Waals surface area contributed by atoms with E-state index in [4.69, 9.17) is 11.1 Å². The molecule has 1 atom stereocenters. The van der Waals surface area contributed by atoms with Gasteiger partial charge in [-0.1, -0.05) is 0 Å². The molecule has 6 heteroatoms. The zero-order chi connectivity index (χ0) is 12.4. The van der Waals surface area contributed by atoms with Crippen LogP contribution in [0, 0.1) is 11.2 Å². The van der Waals surface area contributed by atoms with Crippen molar-refractivity contribution >= 4 is 23.9 Å². The summed E-state index contributed by atoms with van der Waals surface area (Å²) in [4.78, 5) is 1.87. The number of hydrogen-bond acceptors (Lipinski definition) is 3. The third kappa shape index (κ3) is 2.73. The van der Waals surface area contributed by atoms with Gasteiger partial charge in [-0.05, 0) is 31.0 Å². The lowest BCUT2D eigenvalue weighted by Gasteiger charge is -2.25. The highest BCUT2D eigenvalue weighted by Gasteiger charge is 2.26. The minimum atomic E-state index is -0.391. The van der Waals surface area contributed by atoms with Crippen molar-refractivity contribution in [2.75, 3.05) is 18.1 Å². The number of nitrogens with zero attached hydrogens (tertiary/aromatic N) is 1. The van der Waals surface area contributed by atoms with Crippen LogP contribution in [0.15, 0.2) is 18.2 Å². The van der Waals surface area contributed by atoms with Crippen LogP contribution >= 0.6 is 12.4 Å². The lowest BCUT2D eigenvalue weighted by atomic mass is 10.1. The molecule has 0 aliphatic carbocycles. The number of hydrogen-bond donors (Lipinski definition) is 3. The Morgan fingerprint density at radius 1 is 1.56 bits per heavy atom. The van der Waals surface area contributed by atoms with Gasteiger partial charge in [0.1, 0.15) is 11.7 Å². The molecule has 1 unspecified atom stereocenters. The van der Waals surface area contributed by atoms with Crippen molar-refractivity contribution < 1.29 is 9.50 Å². The summed E-state index contributed by atoms with van der Waals surface area (Å²) in [5, 5.41) is 16.5. The number of nitrogen functional groups attached to an aromatic ring is 1. The Hall–Kier alpha value is -1.33. The average molecular weight is 274 g/mol. The predicted molar refractivity (Wildman–Crippen MR) is 72.1 cm³/mol. The van der Waals surface area contributed by atoms with Crippen LogP contribution in [0.3, 0.4) is 0 Å². The number of nitrogens with two attached hydrogens (primary N) is 1. The fourth-order valence-electron chi connectivity index (χ4n) is 2.25. The van der Waals surface area contributed by atoms with E-state index in [0.717, 1.165) is 19.4 Å². The monoisotopic (exact) mass is 273 g/mol. The van der Waals surface area contributed by atoms with Crippen molar-refractivity contribution in [3.05, 3.63) is 29.6 Å². The fraction of sp³-hybridized carbons (Fsp3) is 0.417. The first-order valence-corrected chi connectivity index (χ1v) is 5.65. The molecule has 1 heterocycles. The molecule has 2 rings (SSSR count). The van der Waals surface area contributed by atoms with Crippen molar-refractivity contribution in [1.29, 1.82) is 5.41 Å². The molecule has 1 aliphatic heterocycles. The molecule has 4 N–H and O–H groups in total. The van der Waals surface area contributed by atoms with Gasteiger partial charge in [-0.3, -0.25) is 5.41 Å². The molecule has 0 spiro atoms. The lowest BCUT2D eigenvalue weighted by molar-refractivity contribution is 0.266. The fourth-order valence-corrected chi connectivity index (χ4v) is 2.25. The van der Waals surface area contributed by atoms with Crippen molar-refractivity contribution in [3.8, 4) is 0 Å². The lowest BCUT2D eigenvalue weighted by Crippen LogP contribution is -2.32. The Bertz CT molecular complexity index is 441. The first-order valence-electron chi connectivity index (χ1n) is 5.65. The second-order valence-electron chi connectivity index (χ2n) is 4.25. The normalized spacial score (nSPS) is 18.6. The average Bonchev–Trinajstić information content (AvgIpc) is 2.76. The molecule has 1 saturated heterocycles. The molecule has 1 aromatic carbocycles. The van der Waals surface area contributed by atoms with E-state index in [9.17, 15) is 9.50 Å². The van der Waals surface area contributed by atoms with Crippen LogP contribution in [0.4, 0.5) is 10.1 Å². The Morgan fingerprint density at radius 2 is 2.28 bits per heavy atom. The van der Waals surface area contributed by atoms with Crippen LogP contribution in [-0.4, -0.2) is 30.1 Å². The number of aliphatic hydroxyl groups is 1. The van der Waals surface area contributed by atoms with E-state index >= 15 is 0 Å². The first-order chi connectivity index (χ1) is 8.13. The van der Waals surface area contributed by atoms with Gasteiger partial charge in [-0.25, -0.2) is 4.39 Å². The molecular weight excluding hydrogens is 257 g/mol. The molecule has 0 aromatic heterocycles. The highest BCUT2D eigenvalue weighted by atomic mass is 35.5. The van der Waals surface area contributed by atoms with Crippen LogP contribution in [0.2, 0.25) is 0 Å². The van der Waals surface area contributed by atoms with Gasteiger partial charge >= 0.3 is 0 Å². The van der Waals surface area contributed by atoms with E-state index in [1.165, 1.54) is 6.07 Å². The van der Waals surface area contributed by atoms with E-state index in [1.54, 1.807) is 12.1 Å². The van der Waals surface area contributed by atoms with Gasteiger partial charge in [0.05, 0.1) is 18.3 Å². The van der Waals surface area contributed by atoms with E-state index in [-0.39, 0.29) is 30.9 Å². The summed E-state index contributed by atoms with van der Waals surface area (Å²) >= 11 is 0. The topological polar surface area (TPSA) is 73.3 Å². The van der Waals surface area contributed by atoms with Crippen LogP contribution in [0.5, 0.6) is 0 Å². The smallest absolute Gasteiger partial charge is 0.147 e. The molecule has 1 aromatic rings. The third-order valence-electron chi connectivity index (χ3n) is 3.16. The SMILES string of the molecule is Cl.N=C(N)c1ccc(N2CCCC2CO)c(F)c1. The second kappa shape index (κ2) is 6.02. The van der Waals surface area contributed by atoms with Crippen LogP contribution < -0.4 is 10.6 Å². The molecule has 0 bridgehead atoms. The maximum atomic E-state index is 13.9. The van der Waals surface area contributed by atoms with Gasteiger partial charge in [-0.2, -0.15) is 0 Å². The van der Waals surface area contributed by atoms with E-state index < -0.39 is 5.82 Å². The van der Waals surface area contributed by atoms with Gasteiger partial charge in [0.2, 0.25) is 0 Å². The molecule has 18 heavy (non-hydrogen) atoms. The molecule has 1 fully saturated rings. The summed E-state index contributed by atoms with van der Waals surface area (Å²) in [6, 6.07) is 4.52. The summed E-state index contributed by atoms with van der Waals surface area (Å²) in [6.45, 7) is 0.787. The Kier molecular flexibility index (Phi) is 4.93. The summed E-state index contributed by atoms with van der Waals surface area (Å²) in [5.74, 6) is -0.534. The number of anilines is 1. The van der Waals surface area contributed by atoms with Crippen molar-refractivity contribution in [3.63, 3.8) is 0 Å². The highest BCUT2D eigenvalue weighted by Crippen LogP contribution is 2.28. The van der Waals surface area contributed by atoms with Gasteiger partial charge < -0.3 is 15.7 Å². The van der Waals surface area contributed by atoms with E-state index in [1.807, 2.05) is 4.90 Å². The maximum absolute atomic E-state index is 13.9. The number of benzene rings is 1. The van der Waals surface area contributed by atoms with Crippen molar-refractivity contribution in [2.45, 2.75) is 18.9 Å². The zero-order valence-electron chi connectivity index (χ0n) is 9.90. The van der Waals surface area contributed by atoms with Crippen molar-refractivity contribution in [2.24, 2.45) is 5.73 Å². The number of nitrogens with one attached hydrogen (secondary N) is 1. The number of halogens is 2. The van der Waals surface area contributed by atoms with Gasteiger partial charge in [-0.15, -0.1) is 12.4 Å². The molecule has 4 nitrogen and oxygen atoms in total. The molecule has 0 amide bonds. The van der Waals surface area contributed by atoms with Crippen LogP contribution in [0.1, 0.15) is 18.4 Å². The van der Waals surface area contributed by atoms with Gasteiger partial charge in [0.15, 0.2) is 0 Å². The molecule has 1 aliphatic rings. The summed E-state index contributed by atoms with van der Waals surface area (Å²) in [7, 11) is 0. The minimum absolute atomic E-state index is 0. The third-order valence-corrected chi connectivity index (χ3v) is 3.16. The predicted octanol–water partition coefficient (Wildman–Crippen LogP) is 1.49. The number of amidine groups is 1. The zero-order valence-corrected chi connectivity index (χ0v) is 10.7. The Labute approximate surface area is 112 Å². The van der Waals surface area contributed by atoms with E-state index in [2.05, 4.69) is 0 Å². The largest absolute Gasteiger partial charge is 0.394 e. The minimum Gasteiger partial charge on any atom is -0.394 e. The Morgan fingerprint density at radius 3 is 2.83 bits per heavy atom. The van der Waals surface area contributed by atoms with Crippen LogP contribution in [-0.2, 0) is 0 Å². The Balaban J connectivity index is 0.00000162. The van der Waals surface area contributed by atoms with Crippen LogP contribution in [0.25, 0.3) is 0 Å². The number of aliphatic hydroxyl groups excluding tert-OH is 1. The summed E-state index contributed by atoms with van der Waals surface area (Å²) in [5.41, 5.74) is 6.16. The maximum Gasteiger partial charge on any atom is 0.147 e. The molecule has 0 radical (unpaired) electrons. The second-order valence-corrected chi connectivity index (χ2v) is 4.25.